The summed E-state index contributed by atoms with van der Waals surface area (Å²) in [5.74, 6) is 0. The first-order valence-electron chi connectivity index (χ1n) is 12.2. The maximum absolute atomic E-state index is 10.1. The first-order valence-corrected chi connectivity index (χ1v) is 12.2. The molecule has 2 aliphatic carbocycles. The molecule has 0 saturated carbocycles. The molecule has 0 saturated heterocycles. The summed E-state index contributed by atoms with van der Waals surface area (Å²) in [5.41, 5.74) is 13.7. The number of aliphatic hydroxyl groups excluding tert-OH is 1. The second-order valence-corrected chi connectivity index (χ2v) is 9.08. The number of aromatic nitrogens is 1. The van der Waals surface area contributed by atoms with E-state index in [1.807, 2.05) is 0 Å². The molecule has 0 bridgehead atoms. The molecule has 0 fully saturated rings. The highest BCUT2D eigenvalue weighted by Crippen LogP contribution is 2.44. The van der Waals surface area contributed by atoms with Gasteiger partial charge in [-0.25, -0.2) is 0 Å². The van der Waals surface area contributed by atoms with Crippen molar-refractivity contribution >= 4 is 7.25 Å². The van der Waals surface area contributed by atoms with Gasteiger partial charge in [0.1, 0.15) is 6.61 Å². The normalized spacial score (nSPS) is 13.5. The summed E-state index contributed by atoms with van der Waals surface area (Å²) in [4.78, 5) is 0. The number of benzene rings is 3. The van der Waals surface area contributed by atoms with Crippen LogP contribution >= 0.6 is 0 Å². The van der Waals surface area contributed by atoms with Crippen molar-refractivity contribution in [2.75, 3.05) is 6.61 Å². The molecule has 184 valence electrons. The number of pyridine rings is 1. The minimum Gasteiger partial charge on any atom is -0.418 e. The van der Waals surface area contributed by atoms with Crippen molar-refractivity contribution in [3.05, 3.63) is 101 Å². The third-order valence-electron chi connectivity index (χ3n) is 6.93. The van der Waals surface area contributed by atoms with Gasteiger partial charge in [0.05, 0.1) is 0 Å². The Morgan fingerprint density at radius 2 is 1.08 bits per heavy atom. The highest BCUT2D eigenvalue weighted by atomic mass is 19.5. The van der Waals surface area contributed by atoms with Gasteiger partial charge in [0, 0.05) is 27.8 Å². The molecule has 1 aromatic heterocycles. The van der Waals surface area contributed by atoms with Gasteiger partial charge in [-0.15, -0.1) is 0 Å². The highest BCUT2D eigenvalue weighted by molar-refractivity contribution is 6.50. The molecule has 2 nitrogen and oxygen atoms in total. The van der Waals surface area contributed by atoms with Crippen LogP contribution in [-0.4, -0.2) is 19.0 Å². The Hall–Kier alpha value is -3.45. The van der Waals surface area contributed by atoms with Gasteiger partial charge >= 0.3 is 7.25 Å². The molecule has 0 amide bonds. The van der Waals surface area contributed by atoms with Crippen molar-refractivity contribution < 1.29 is 26.9 Å². The van der Waals surface area contributed by atoms with E-state index in [1.165, 1.54) is 55.9 Å². The van der Waals surface area contributed by atoms with E-state index in [4.69, 9.17) is 0 Å². The van der Waals surface area contributed by atoms with Gasteiger partial charge in [0.2, 0.25) is 11.4 Å². The van der Waals surface area contributed by atoms with Gasteiger partial charge in [-0.1, -0.05) is 66.7 Å². The second-order valence-electron chi connectivity index (χ2n) is 9.08. The largest absolute Gasteiger partial charge is 0.673 e. The van der Waals surface area contributed by atoms with Crippen LogP contribution in [0, 0.1) is 0 Å². The summed E-state index contributed by atoms with van der Waals surface area (Å²) in [7, 11) is -6.00. The fourth-order valence-electron chi connectivity index (χ4n) is 5.69. The number of rotatable bonds is 3. The molecular formula is C29H26BF4NO. The van der Waals surface area contributed by atoms with Crippen molar-refractivity contribution in [3.63, 3.8) is 0 Å². The fourth-order valence-corrected chi connectivity index (χ4v) is 5.69. The Morgan fingerprint density at radius 3 is 1.56 bits per heavy atom. The number of nitrogens with zero attached hydrogens (tertiary/aromatic N) is 1. The lowest BCUT2D eigenvalue weighted by molar-refractivity contribution is -0.677. The second kappa shape index (κ2) is 9.90. The van der Waals surface area contributed by atoms with Crippen molar-refractivity contribution in [3.8, 4) is 33.6 Å². The molecule has 0 radical (unpaired) electrons. The van der Waals surface area contributed by atoms with E-state index in [9.17, 15) is 22.4 Å². The Morgan fingerprint density at radius 1 is 0.639 bits per heavy atom. The number of aryl methyl sites for hydroxylation is 2. The molecular weight excluding hydrogens is 465 g/mol. The molecule has 7 heteroatoms. The lowest BCUT2D eigenvalue weighted by Crippen LogP contribution is -2.44. The maximum atomic E-state index is 10.1. The molecule has 3 aromatic carbocycles. The lowest BCUT2D eigenvalue weighted by Gasteiger charge is -2.28. The van der Waals surface area contributed by atoms with Gasteiger partial charge in [-0.2, -0.15) is 4.57 Å². The van der Waals surface area contributed by atoms with Crippen LogP contribution in [0.1, 0.15) is 22.3 Å². The van der Waals surface area contributed by atoms with Gasteiger partial charge in [0.25, 0.3) is 0 Å². The topological polar surface area (TPSA) is 24.1 Å². The average molecular weight is 491 g/mol. The Kier molecular flexibility index (Phi) is 6.67. The van der Waals surface area contributed by atoms with E-state index in [2.05, 4.69) is 83.4 Å². The average Bonchev–Trinajstić information content (AvgIpc) is 2.87. The number of hydrogen-bond acceptors (Lipinski definition) is 1. The van der Waals surface area contributed by atoms with E-state index in [1.54, 1.807) is 0 Å². The summed E-state index contributed by atoms with van der Waals surface area (Å²) in [6, 6.07) is 28.5. The predicted octanol–water partition coefficient (Wildman–Crippen LogP) is 6.46. The molecule has 4 aromatic rings. The Labute approximate surface area is 208 Å². The Bertz CT molecular complexity index is 1320. The molecule has 36 heavy (non-hydrogen) atoms. The monoisotopic (exact) mass is 491 g/mol. The molecule has 0 atom stereocenters. The lowest BCUT2D eigenvalue weighted by atomic mass is 9.77. The molecule has 1 N–H and O–H groups in total. The number of fused-ring (bicyclic) bond motifs is 6. The number of hydrogen-bond donors (Lipinski definition) is 1. The van der Waals surface area contributed by atoms with Gasteiger partial charge < -0.3 is 22.4 Å². The van der Waals surface area contributed by atoms with Crippen molar-refractivity contribution in [1.82, 2.24) is 0 Å². The van der Waals surface area contributed by atoms with E-state index >= 15 is 0 Å². The van der Waals surface area contributed by atoms with Crippen LogP contribution in [0.3, 0.4) is 0 Å². The van der Waals surface area contributed by atoms with Crippen LogP contribution in [0.25, 0.3) is 33.6 Å². The summed E-state index contributed by atoms with van der Waals surface area (Å²) in [6.45, 7) is 0.751. The molecule has 2 aliphatic rings. The van der Waals surface area contributed by atoms with Gasteiger partial charge in [-0.3, -0.25) is 0 Å². The molecule has 0 aliphatic heterocycles. The third-order valence-corrected chi connectivity index (χ3v) is 6.93. The summed E-state index contributed by atoms with van der Waals surface area (Å²) in [6.07, 6.45) is 4.21. The SMILES string of the molecule is F[B-](F)(F)F.OCC[n+]1c2c(c(-c3ccccc3)c3c1-c1ccccc1CC3)CCc1ccccc1-2. The van der Waals surface area contributed by atoms with Crippen LogP contribution in [0.2, 0.25) is 0 Å². The molecule has 0 unspecified atom stereocenters. The highest BCUT2D eigenvalue weighted by Gasteiger charge is 2.37. The standard InChI is InChI=1S/C29H26NO.BF4/c31-19-18-30-28-23-12-6-4-8-20(23)14-16-25(28)27(22-10-2-1-3-11-22)26-17-15-21-9-5-7-13-24(21)29(26)30;2-1(3,4)5/h1-13,31H,14-19H2;/q+1;-1. The van der Waals surface area contributed by atoms with Gasteiger partial charge in [-0.05, 0) is 54.5 Å². The summed E-state index contributed by atoms with van der Waals surface area (Å²) in [5, 5.41) is 10.1. The van der Waals surface area contributed by atoms with E-state index < -0.39 is 7.25 Å². The van der Waals surface area contributed by atoms with Crippen molar-refractivity contribution in [1.29, 1.82) is 0 Å². The Balaban J connectivity index is 0.000000489. The van der Waals surface area contributed by atoms with Crippen LogP contribution in [-0.2, 0) is 32.2 Å². The smallest absolute Gasteiger partial charge is 0.418 e. The molecule has 6 rings (SSSR count). The fraction of sp³-hybridized carbons (Fsp3) is 0.207. The summed E-state index contributed by atoms with van der Waals surface area (Å²) < 4.78 is 41.4. The van der Waals surface area contributed by atoms with Crippen LogP contribution in [0.5, 0.6) is 0 Å². The number of aliphatic hydroxyl groups is 1. The third kappa shape index (κ3) is 4.68. The van der Waals surface area contributed by atoms with Crippen LogP contribution < -0.4 is 4.57 Å². The quantitative estimate of drug-likeness (QED) is 0.199. The van der Waals surface area contributed by atoms with Gasteiger partial charge in [0.15, 0.2) is 6.54 Å². The summed E-state index contributed by atoms with van der Waals surface area (Å²) >= 11 is 0. The minimum atomic E-state index is -6.00. The minimum absolute atomic E-state index is 0.137. The number of halogens is 4. The zero-order chi connectivity index (χ0) is 25.3. The van der Waals surface area contributed by atoms with E-state index in [0.717, 1.165) is 25.7 Å². The first-order chi connectivity index (χ1) is 17.4. The molecule has 1 heterocycles. The van der Waals surface area contributed by atoms with Crippen molar-refractivity contribution in [2.45, 2.75) is 32.2 Å². The predicted molar refractivity (Wildman–Crippen MR) is 135 cm³/mol. The zero-order valence-corrected chi connectivity index (χ0v) is 19.7. The van der Waals surface area contributed by atoms with Crippen LogP contribution in [0.15, 0.2) is 78.9 Å². The molecule has 0 spiro atoms. The van der Waals surface area contributed by atoms with E-state index in [0.29, 0.717) is 6.54 Å². The van der Waals surface area contributed by atoms with Crippen molar-refractivity contribution in [2.24, 2.45) is 0 Å². The van der Waals surface area contributed by atoms with E-state index in [-0.39, 0.29) is 6.61 Å². The zero-order valence-electron chi connectivity index (χ0n) is 19.7. The maximum Gasteiger partial charge on any atom is 0.673 e. The van der Waals surface area contributed by atoms with Crippen LogP contribution in [0.4, 0.5) is 17.3 Å². The first kappa shape index (κ1) is 24.3.